The molecule has 0 aliphatic carbocycles. The minimum atomic E-state index is -2.11. The lowest BCUT2D eigenvalue weighted by Crippen LogP contribution is -2.68. The van der Waals surface area contributed by atoms with Gasteiger partial charge in [0.1, 0.15) is 97.5 Å². The topological polar surface area (TPSA) is 415 Å². The number of fused-ring (bicyclic) bond motifs is 1. The molecular weight excluding hydrogens is 1440 g/mol. The molecule has 0 saturated carbocycles. The fourth-order valence-electron chi connectivity index (χ4n) is 15.2. The van der Waals surface area contributed by atoms with Gasteiger partial charge in [-0.15, -0.1) is 0 Å². The van der Waals surface area contributed by atoms with Crippen molar-refractivity contribution in [1.82, 2.24) is 21.3 Å². The highest BCUT2D eigenvalue weighted by molar-refractivity contribution is 5.94. The summed E-state index contributed by atoms with van der Waals surface area (Å²) in [4.78, 5) is 69.8. The highest BCUT2D eigenvalue weighted by Crippen LogP contribution is 2.38. The summed E-state index contributed by atoms with van der Waals surface area (Å²) in [5.74, 6) is -6.79. The van der Waals surface area contributed by atoms with Gasteiger partial charge in [-0.25, -0.2) is 4.79 Å². The van der Waals surface area contributed by atoms with Gasteiger partial charge in [-0.05, 0) is 53.5 Å². The summed E-state index contributed by atoms with van der Waals surface area (Å²) in [5, 5.41) is 101. The van der Waals surface area contributed by atoms with E-state index in [4.69, 9.17) is 61.6 Å². The fourth-order valence-corrected chi connectivity index (χ4v) is 15.2. The minimum absolute atomic E-state index is 0.0861. The van der Waals surface area contributed by atoms with E-state index in [1.165, 1.54) is 197 Å². The maximum Gasteiger partial charge on any atom is 0.364 e. The molecule has 3 unspecified atom stereocenters. The van der Waals surface area contributed by atoms with Gasteiger partial charge >= 0.3 is 5.97 Å². The second-order valence-corrected chi connectivity index (χ2v) is 31.5. The first kappa shape index (κ1) is 95.6. The number of benzene rings is 1. The summed E-state index contributed by atoms with van der Waals surface area (Å²) >= 11 is 0. The Kier molecular flexibility index (Phi) is 43.4. The smallest absolute Gasteiger partial charge is 0.364 e. The lowest BCUT2D eigenvalue weighted by Gasteiger charge is -2.51. The number of carboxylic acids is 1. The molecule has 5 aliphatic heterocycles. The third-order valence-corrected chi connectivity index (χ3v) is 22.1. The molecule has 111 heavy (non-hydrogen) atoms. The Bertz CT molecular complexity index is 2790. The predicted octanol–water partition coefficient (Wildman–Crippen LogP) is 6.48. The highest BCUT2D eigenvalue weighted by Gasteiger charge is 2.58. The molecule has 12 N–H and O–H groups in total. The number of carbonyl (C=O) groups excluding carboxylic acids is 4. The monoisotopic (exact) mass is 1580 g/mol. The molecule has 6 rings (SSSR count). The van der Waals surface area contributed by atoms with Crippen molar-refractivity contribution in [3.63, 3.8) is 0 Å². The molecule has 5 saturated heterocycles. The van der Waals surface area contributed by atoms with Crippen LogP contribution in [0.2, 0.25) is 0 Å². The number of carbonyl (C=O) groups is 5. The third-order valence-electron chi connectivity index (χ3n) is 22.1. The van der Waals surface area contributed by atoms with Crippen LogP contribution >= 0.6 is 0 Å². The van der Waals surface area contributed by atoms with E-state index in [1.807, 2.05) is 0 Å². The van der Waals surface area contributed by atoms with Crippen molar-refractivity contribution in [1.29, 1.82) is 0 Å². The van der Waals surface area contributed by atoms with Gasteiger partial charge in [-0.1, -0.05) is 211 Å². The van der Waals surface area contributed by atoms with E-state index in [2.05, 4.69) is 28.2 Å². The zero-order chi connectivity index (χ0) is 81.2. The maximum absolute atomic E-state index is 15.0. The minimum Gasteiger partial charge on any atom is -0.477 e. The maximum atomic E-state index is 15.0. The molecule has 0 radical (unpaired) electrons. The second-order valence-electron chi connectivity index (χ2n) is 31.5. The summed E-state index contributed by atoms with van der Waals surface area (Å²) in [6, 6.07) is 3.54. The molecule has 1 aromatic rings. The van der Waals surface area contributed by atoms with Gasteiger partial charge in [0, 0.05) is 40.7 Å². The zero-order valence-corrected chi connectivity index (χ0v) is 68.0. The van der Waals surface area contributed by atoms with Crippen LogP contribution in [0.15, 0.2) is 30.3 Å². The van der Waals surface area contributed by atoms with Gasteiger partial charge in [-0.2, -0.15) is 0 Å². The molecule has 5 aliphatic rings. The number of unbranched alkanes of at least 4 members (excludes halogenated alkanes) is 26. The predicted molar refractivity (Wildman–Crippen MR) is 408 cm³/mol. The van der Waals surface area contributed by atoms with Gasteiger partial charge in [0.15, 0.2) is 25.2 Å². The fraction of sp³-hybridized carbons (Fsp3) is 0.864. The molecule has 30 nitrogen and oxygen atoms in total. The van der Waals surface area contributed by atoms with Crippen molar-refractivity contribution < 1.29 is 126 Å². The van der Waals surface area contributed by atoms with E-state index >= 15 is 0 Å². The normalized spacial score (nSPS) is 31.9. The van der Waals surface area contributed by atoms with Crippen LogP contribution in [0.25, 0.3) is 0 Å². The van der Waals surface area contributed by atoms with Crippen LogP contribution in [0.5, 0.6) is 0 Å². The van der Waals surface area contributed by atoms with Crippen LogP contribution < -0.4 is 21.3 Å². The number of aliphatic carboxylic acids is 1. The quantitative estimate of drug-likeness (QED) is 0.0310. The van der Waals surface area contributed by atoms with Gasteiger partial charge in [0.2, 0.25) is 23.6 Å². The largest absolute Gasteiger partial charge is 0.477 e. The average Bonchev–Trinajstić information content (AvgIpc) is 0.771. The number of carboxylic acid groups (broad SMARTS) is 1. The Morgan fingerprint density at radius 1 is 0.514 bits per heavy atom. The first-order valence-electron chi connectivity index (χ1n) is 41.5. The van der Waals surface area contributed by atoms with Gasteiger partial charge in [0.25, 0.3) is 5.79 Å². The van der Waals surface area contributed by atoms with E-state index in [0.717, 1.165) is 25.7 Å². The summed E-state index contributed by atoms with van der Waals surface area (Å²) < 4.78 is 76.3. The Labute approximate surface area is 658 Å². The van der Waals surface area contributed by atoms with Crippen molar-refractivity contribution in [2.45, 2.75) is 413 Å². The Hall–Kier alpha value is -4.23. The zero-order valence-electron chi connectivity index (χ0n) is 68.0. The molecule has 0 aromatic heterocycles. The Morgan fingerprint density at radius 2 is 0.991 bits per heavy atom. The number of hydrogen-bond acceptors (Lipinski definition) is 25. The molecule has 4 amide bonds. The van der Waals surface area contributed by atoms with Crippen molar-refractivity contribution in [3.8, 4) is 0 Å². The van der Waals surface area contributed by atoms with Gasteiger partial charge in [-0.3, -0.25) is 19.2 Å². The van der Waals surface area contributed by atoms with E-state index in [1.54, 1.807) is 44.2 Å². The molecule has 5 fully saturated rings. The average molecular weight is 1590 g/mol. The summed E-state index contributed by atoms with van der Waals surface area (Å²) in [6.07, 6.45) is 3.99. The van der Waals surface area contributed by atoms with Crippen LogP contribution in [0, 0.1) is 0 Å². The van der Waals surface area contributed by atoms with E-state index in [-0.39, 0.29) is 26.1 Å². The molecule has 5 heterocycles. The number of aliphatic hydroxyl groups is 7. The van der Waals surface area contributed by atoms with Crippen molar-refractivity contribution in [2.24, 2.45) is 0 Å². The lowest BCUT2D eigenvalue weighted by molar-refractivity contribution is -0.403. The summed E-state index contributed by atoms with van der Waals surface area (Å²) in [7, 11) is 4.12. The Morgan fingerprint density at radius 3 is 1.52 bits per heavy atom. The van der Waals surface area contributed by atoms with E-state index in [0.29, 0.717) is 18.4 Å². The van der Waals surface area contributed by atoms with Crippen LogP contribution in [0.4, 0.5) is 0 Å². The Balaban J connectivity index is 1.05. The van der Waals surface area contributed by atoms with Gasteiger partial charge < -0.3 is 124 Å². The van der Waals surface area contributed by atoms with Crippen LogP contribution in [0.1, 0.15) is 247 Å². The highest BCUT2D eigenvalue weighted by atomic mass is 16.8. The standard InChI is InChI=1S/C81H140N4O26/c1-12-13-14-15-16-17-18-19-20-21-22-23-24-25-26-27-28-29-30-31-32-33-34-35-36-37-41-44-56(86)46-59(87)84-57(45-55-42-39-38-40-43-55)74(95)85-60(75(96)83-50(3)73(94)82-49(2)47-102-76-65(92)70(100-10)67(99-9)54(7)107-76)51(4)104-79-72(63(90)61(88)52(5)106-79)110-77-64(91)69(62(89)53(6)105-77)109-78-66(93)71(101-11)68-58(108-78)48-103-81(8,111-68)80(97)98/h38-40,42-43,49-54,56-58,60-72,76-79,86,88-93H,12-37,41,44-48H2,1-11H3,(H,82,94)(H,83,96)(H,84,87)(H,85,95)(H,97,98)/t49-,50+,51+,52-,53-,54-,56?,57+,58+,60+,61+,62-,63+,64+,65+,66+,67-,68+,69+,70-,71+,72+,76?,77-,78-,79?,81-/m0/s1. The molecular formula is C81H140N4O26. The van der Waals surface area contributed by atoms with E-state index in [9.17, 15) is 64.8 Å². The molecule has 0 bridgehead atoms. The number of nitrogens with one attached hydrogen (secondary N) is 4. The first-order chi connectivity index (χ1) is 53.2. The number of hydrogen-bond donors (Lipinski definition) is 12. The summed E-state index contributed by atoms with van der Waals surface area (Å²) in [5.41, 5.74) is 0.622. The van der Waals surface area contributed by atoms with Crippen molar-refractivity contribution in [2.75, 3.05) is 34.5 Å². The molecule has 27 atom stereocenters. The summed E-state index contributed by atoms with van der Waals surface area (Å²) in [6.45, 7) is 11.8. The van der Waals surface area contributed by atoms with Crippen LogP contribution in [-0.2, 0) is 92.0 Å². The number of amides is 4. The van der Waals surface area contributed by atoms with E-state index < -0.39 is 195 Å². The molecule has 30 heteroatoms. The molecule has 1 aromatic carbocycles. The first-order valence-corrected chi connectivity index (χ1v) is 41.5. The lowest BCUT2D eigenvalue weighted by atomic mass is 9.95. The third kappa shape index (κ3) is 30.6. The number of aliphatic hydroxyl groups excluding tert-OH is 7. The van der Waals surface area contributed by atoms with Crippen LogP contribution in [-0.4, -0.2) is 270 Å². The second kappa shape index (κ2) is 50.4. The molecule has 640 valence electrons. The number of ether oxygens (including phenoxy) is 13. The van der Waals surface area contributed by atoms with Crippen LogP contribution in [0.3, 0.4) is 0 Å². The van der Waals surface area contributed by atoms with Crippen molar-refractivity contribution >= 4 is 29.6 Å². The van der Waals surface area contributed by atoms with Gasteiger partial charge in [0.05, 0.1) is 50.2 Å². The number of rotatable bonds is 53. The SMILES string of the molecule is CCCCCCCCCCCCCCCCCCCCCCCCCCCCCC(O)CC(=O)N[C@H](Cc1ccccc1)C(=O)N[C@@H](C(=O)N[C@H](C)C(=O)N[C@@H](C)COC1O[C@@H](C)[C@H](OC)[C@@H](OC)[C@H]1O)[C@@H](C)OC1O[C@@H](C)[C@@H](O)[C@@H](O)[C@H]1O[C@@H]1O[C@@H](C)[C@H](O)[C@@H](O[C@@H]2O[C@@H]3CO[C@](C)(C(=O)O)O[C@H]3[C@H](OC)[C@H]2O)[C@H]1O. The molecule has 0 spiro atoms. The van der Waals surface area contributed by atoms with Crippen molar-refractivity contribution in [3.05, 3.63) is 35.9 Å². The number of methoxy groups -OCH3 is 3.